The summed E-state index contributed by atoms with van der Waals surface area (Å²) >= 11 is 0. The average Bonchev–Trinajstić information content (AvgIpc) is 2.77. The highest BCUT2D eigenvalue weighted by Crippen LogP contribution is 2.15. The normalized spacial score (nSPS) is 12.7. The van der Waals surface area contributed by atoms with Crippen molar-refractivity contribution in [2.24, 2.45) is 17.6 Å². The van der Waals surface area contributed by atoms with Crippen LogP contribution in [0.25, 0.3) is 0 Å². The van der Waals surface area contributed by atoms with E-state index in [4.69, 9.17) is 10.5 Å². The summed E-state index contributed by atoms with van der Waals surface area (Å²) < 4.78 is 9.72. The van der Waals surface area contributed by atoms with Gasteiger partial charge in [0.05, 0.1) is 0 Å². The number of hydrogen-bond donors (Lipinski definition) is 1. The molecule has 0 aromatic carbocycles. The highest BCUT2D eigenvalue weighted by molar-refractivity contribution is 5.69. The van der Waals surface area contributed by atoms with Gasteiger partial charge < -0.3 is 15.0 Å². The average molecular weight is 240 g/mol. The molecule has 0 unspecified atom stereocenters. The molecule has 1 aromatic heterocycles. The van der Waals surface area contributed by atoms with Crippen molar-refractivity contribution in [1.29, 1.82) is 0 Å². The van der Waals surface area contributed by atoms with E-state index in [2.05, 4.69) is 23.5 Å². The van der Waals surface area contributed by atoms with E-state index in [1.165, 1.54) is 6.26 Å². The van der Waals surface area contributed by atoms with Gasteiger partial charge in [-0.15, -0.1) is 0 Å². The molecular formula is C12H20N2O3. The van der Waals surface area contributed by atoms with E-state index in [0.717, 1.165) is 6.42 Å². The number of carbonyl (C=O) groups is 1. The first-order valence-electron chi connectivity index (χ1n) is 5.86. The monoisotopic (exact) mass is 240 g/mol. The Labute approximate surface area is 101 Å². The molecule has 0 bridgehead atoms. The van der Waals surface area contributed by atoms with Gasteiger partial charge in [-0.2, -0.15) is 0 Å². The van der Waals surface area contributed by atoms with Crippen molar-refractivity contribution >= 4 is 5.97 Å². The van der Waals surface area contributed by atoms with E-state index in [1.54, 1.807) is 6.07 Å². The van der Waals surface area contributed by atoms with Crippen molar-refractivity contribution in [3.8, 4) is 0 Å². The van der Waals surface area contributed by atoms with Crippen LogP contribution in [0, 0.1) is 11.8 Å². The summed E-state index contributed by atoms with van der Waals surface area (Å²) in [4.78, 5) is 11.6. The minimum absolute atomic E-state index is 0.161. The van der Waals surface area contributed by atoms with Crippen LogP contribution in [0.2, 0.25) is 0 Å². The van der Waals surface area contributed by atoms with Gasteiger partial charge in [0, 0.05) is 12.5 Å². The first-order valence-corrected chi connectivity index (χ1v) is 5.86. The third-order valence-electron chi connectivity index (χ3n) is 2.47. The summed E-state index contributed by atoms with van der Waals surface area (Å²) in [6, 6.07) is 1.67. The number of nitrogens with zero attached hydrogens (tertiary/aromatic N) is 1. The molecule has 5 heteroatoms. The van der Waals surface area contributed by atoms with E-state index in [9.17, 15) is 4.79 Å². The van der Waals surface area contributed by atoms with E-state index in [-0.39, 0.29) is 18.5 Å². The lowest BCUT2D eigenvalue weighted by Crippen LogP contribution is -2.21. The molecule has 1 heterocycles. The molecule has 0 amide bonds. The van der Waals surface area contributed by atoms with Gasteiger partial charge in [-0.1, -0.05) is 19.0 Å². The molecule has 0 radical (unpaired) electrons. The first-order chi connectivity index (χ1) is 8.11. The van der Waals surface area contributed by atoms with E-state index < -0.39 is 0 Å². The SMILES string of the molecule is CC(C)C[C@H](CN)CC(=O)OCc1ccon1. The largest absolute Gasteiger partial charge is 0.459 e. The fourth-order valence-corrected chi connectivity index (χ4v) is 1.69. The van der Waals surface area contributed by atoms with E-state index in [1.807, 2.05) is 0 Å². The maximum atomic E-state index is 11.6. The molecule has 0 saturated heterocycles. The third-order valence-corrected chi connectivity index (χ3v) is 2.47. The zero-order chi connectivity index (χ0) is 12.7. The van der Waals surface area contributed by atoms with Crippen LogP contribution >= 0.6 is 0 Å². The van der Waals surface area contributed by atoms with Crippen LogP contribution in [0.3, 0.4) is 0 Å². The highest BCUT2D eigenvalue weighted by atomic mass is 16.5. The van der Waals surface area contributed by atoms with Crippen LogP contribution in [0.15, 0.2) is 16.9 Å². The summed E-state index contributed by atoms with van der Waals surface area (Å²) in [6.07, 6.45) is 2.76. The molecule has 0 aliphatic heterocycles. The molecule has 5 nitrogen and oxygen atoms in total. The van der Waals surface area contributed by atoms with Crippen LogP contribution in [0.4, 0.5) is 0 Å². The van der Waals surface area contributed by atoms with Gasteiger partial charge in [0.1, 0.15) is 18.6 Å². The second-order valence-electron chi connectivity index (χ2n) is 4.59. The summed E-state index contributed by atoms with van der Waals surface area (Å²) in [6.45, 7) is 4.90. The van der Waals surface area contributed by atoms with Crippen LogP contribution < -0.4 is 5.73 Å². The highest BCUT2D eigenvalue weighted by Gasteiger charge is 2.15. The van der Waals surface area contributed by atoms with Crippen molar-refractivity contribution in [3.05, 3.63) is 18.0 Å². The zero-order valence-electron chi connectivity index (χ0n) is 10.4. The van der Waals surface area contributed by atoms with E-state index in [0.29, 0.717) is 24.6 Å². The van der Waals surface area contributed by atoms with Crippen LogP contribution in [-0.4, -0.2) is 17.7 Å². The quantitative estimate of drug-likeness (QED) is 0.734. The summed E-state index contributed by atoms with van der Waals surface area (Å²) in [5.41, 5.74) is 6.24. The maximum absolute atomic E-state index is 11.6. The van der Waals surface area contributed by atoms with Crippen molar-refractivity contribution in [2.75, 3.05) is 6.54 Å². The molecule has 0 aliphatic rings. The lowest BCUT2D eigenvalue weighted by molar-refractivity contribution is -0.146. The Balaban J connectivity index is 2.27. The third kappa shape index (κ3) is 5.49. The van der Waals surface area contributed by atoms with Crippen LogP contribution in [-0.2, 0) is 16.1 Å². The molecule has 2 N–H and O–H groups in total. The van der Waals surface area contributed by atoms with Gasteiger partial charge in [-0.05, 0) is 24.8 Å². The van der Waals surface area contributed by atoms with Crippen molar-refractivity contribution in [2.45, 2.75) is 33.3 Å². The second kappa shape index (κ2) is 7.06. The van der Waals surface area contributed by atoms with Gasteiger partial charge >= 0.3 is 5.97 Å². The molecule has 17 heavy (non-hydrogen) atoms. The smallest absolute Gasteiger partial charge is 0.306 e. The Morgan fingerprint density at radius 2 is 2.35 bits per heavy atom. The Bertz CT molecular complexity index is 323. The Morgan fingerprint density at radius 3 is 2.88 bits per heavy atom. The van der Waals surface area contributed by atoms with Crippen LogP contribution in [0.1, 0.15) is 32.4 Å². The van der Waals surface area contributed by atoms with Gasteiger partial charge in [0.2, 0.25) is 0 Å². The predicted octanol–water partition coefficient (Wildman–Crippen LogP) is 1.73. The number of carbonyl (C=O) groups excluding carboxylic acids is 1. The predicted molar refractivity (Wildman–Crippen MR) is 62.9 cm³/mol. The summed E-state index contributed by atoms with van der Waals surface area (Å²) in [7, 11) is 0. The van der Waals surface area contributed by atoms with Crippen LogP contribution in [0.5, 0.6) is 0 Å². The van der Waals surface area contributed by atoms with Crippen molar-refractivity contribution < 1.29 is 14.1 Å². The molecule has 0 aliphatic carbocycles. The van der Waals surface area contributed by atoms with Gasteiger partial charge in [0.25, 0.3) is 0 Å². The summed E-state index contributed by atoms with van der Waals surface area (Å²) in [5.74, 6) is 0.496. The van der Waals surface area contributed by atoms with Gasteiger partial charge in [-0.25, -0.2) is 0 Å². The molecular weight excluding hydrogens is 220 g/mol. The van der Waals surface area contributed by atoms with Gasteiger partial charge in [-0.3, -0.25) is 4.79 Å². The molecule has 0 fully saturated rings. The molecule has 1 rings (SSSR count). The molecule has 1 atom stereocenters. The zero-order valence-corrected chi connectivity index (χ0v) is 10.4. The standard InChI is InChI=1S/C12H20N2O3/c1-9(2)5-10(7-13)6-12(15)16-8-11-3-4-17-14-11/h3-4,9-10H,5-8,13H2,1-2H3/t10-/m0/s1. The minimum Gasteiger partial charge on any atom is -0.459 e. The Morgan fingerprint density at radius 1 is 1.59 bits per heavy atom. The number of esters is 1. The number of hydrogen-bond acceptors (Lipinski definition) is 5. The number of ether oxygens (including phenoxy) is 1. The summed E-state index contributed by atoms with van der Waals surface area (Å²) in [5, 5.41) is 3.66. The number of rotatable bonds is 7. The first kappa shape index (κ1) is 13.7. The van der Waals surface area contributed by atoms with E-state index >= 15 is 0 Å². The molecule has 0 saturated carbocycles. The minimum atomic E-state index is -0.232. The Kier molecular flexibility index (Phi) is 5.69. The number of nitrogens with two attached hydrogens (primary N) is 1. The van der Waals surface area contributed by atoms with Crippen molar-refractivity contribution in [3.63, 3.8) is 0 Å². The van der Waals surface area contributed by atoms with Gasteiger partial charge in [0.15, 0.2) is 0 Å². The maximum Gasteiger partial charge on any atom is 0.306 e. The second-order valence-corrected chi connectivity index (χ2v) is 4.59. The number of aromatic nitrogens is 1. The lowest BCUT2D eigenvalue weighted by atomic mass is 9.94. The topological polar surface area (TPSA) is 78.4 Å². The molecule has 0 spiro atoms. The molecule has 1 aromatic rings. The lowest BCUT2D eigenvalue weighted by Gasteiger charge is -2.15. The Hall–Kier alpha value is -1.36. The fraction of sp³-hybridized carbons (Fsp3) is 0.667. The fourth-order valence-electron chi connectivity index (χ4n) is 1.69. The van der Waals surface area contributed by atoms with Crippen molar-refractivity contribution in [1.82, 2.24) is 5.16 Å². The molecule has 96 valence electrons.